The fraction of sp³-hybridized carbons (Fsp3) is 0.857. The highest BCUT2D eigenvalue weighted by Crippen LogP contribution is 2.12. The summed E-state index contributed by atoms with van der Waals surface area (Å²) in [4.78, 5) is 23.1. The third kappa shape index (κ3) is 21.9. The summed E-state index contributed by atoms with van der Waals surface area (Å²) in [5.74, 6) is -0.811. The molecule has 0 saturated heterocycles. The van der Waals surface area contributed by atoms with E-state index in [2.05, 4.69) is 24.4 Å². The van der Waals surface area contributed by atoms with Crippen LogP contribution in [0.2, 0.25) is 0 Å². The minimum absolute atomic E-state index is 0.128. The predicted octanol–water partition coefficient (Wildman–Crippen LogP) is 8.20. The van der Waals surface area contributed by atoms with E-state index in [0.717, 1.165) is 19.3 Å². The van der Waals surface area contributed by atoms with Crippen molar-refractivity contribution in [2.45, 2.75) is 149 Å². The lowest BCUT2D eigenvalue weighted by Gasteiger charge is -2.16. The number of hydrogen-bond acceptors (Lipinski definition) is 2. The summed E-state index contributed by atoms with van der Waals surface area (Å²) < 4.78 is 0. The number of carbonyl (C=O) groups is 2. The Bertz CT molecular complexity index is 473. The Kier molecular flexibility index (Phi) is 21.9. The molecule has 0 unspecified atom stereocenters. The Hall–Kier alpha value is -1.32. The molecule has 0 rings (SSSR count). The van der Waals surface area contributed by atoms with Gasteiger partial charge in [-0.3, -0.25) is 4.79 Å². The van der Waals surface area contributed by atoms with Gasteiger partial charge in [0.25, 0.3) is 0 Å². The third-order valence-electron chi connectivity index (χ3n) is 6.01. The SMILES string of the molecule is CCCCCCCCCC/C=C\CCCCCCCCCC(=O)N[C@@H](CC(C)C)C(=O)O. The summed E-state index contributed by atoms with van der Waals surface area (Å²) in [6.07, 6.45) is 27.4. The highest BCUT2D eigenvalue weighted by atomic mass is 16.4. The molecule has 2 N–H and O–H groups in total. The topological polar surface area (TPSA) is 66.4 Å². The van der Waals surface area contributed by atoms with E-state index in [1.54, 1.807) is 0 Å². The van der Waals surface area contributed by atoms with Crippen LogP contribution in [-0.4, -0.2) is 23.0 Å². The first-order chi connectivity index (χ1) is 15.5. The van der Waals surface area contributed by atoms with Crippen molar-refractivity contribution in [2.75, 3.05) is 0 Å². The van der Waals surface area contributed by atoms with Gasteiger partial charge in [-0.15, -0.1) is 0 Å². The van der Waals surface area contributed by atoms with Gasteiger partial charge in [-0.1, -0.05) is 110 Å². The maximum Gasteiger partial charge on any atom is 0.326 e. The molecule has 1 amide bonds. The second-order valence-corrected chi connectivity index (χ2v) is 9.84. The minimum Gasteiger partial charge on any atom is -0.480 e. The van der Waals surface area contributed by atoms with Gasteiger partial charge in [0.15, 0.2) is 0 Å². The Morgan fingerprint density at radius 3 is 1.59 bits per heavy atom. The molecule has 0 aliphatic carbocycles. The average Bonchev–Trinajstić information content (AvgIpc) is 2.74. The van der Waals surface area contributed by atoms with E-state index in [9.17, 15) is 14.7 Å². The van der Waals surface area contributed by atoms with Gasteiger partial charge in [-0.25, -0.2) is 4.79 Å². The molecule has 188 valence electrons. The zero-order valence-corrected chi connectivity index (χ0v) is 21.5. The van der Waals surface area contributed by atoms with Gasteiger partial charge in [0.2, 0.25) is 5.91 Å². The molecule has 0 radical (unpaired) electrons. The Balaban J connectivity index is 3.40. The molecule has 0 aliphatic heterocycles. The summed E-state index contributed by atoms with van der Waals surface area (Å²) in [5, 5.41) is 11.8. The molecule has 1 atom stereocenters. The van der Waals surface area contributed by atoms with E-state index in [4.69, 9.17) is 0 Å². The molecule has 0 aromatic carbocycles. The van der Waals surface area contributed by atoms with Crippen molar-refractivity contribution >= 4 is 11.9 Å². The summed E-state index contributed by atoms with van der Waals surface area (Å²) in [6, 6.07) is -0.753. The lowest BCUT2D eigenvalue weighted by Crippen LogP contribution is -2.41. The van der Waals surface area contributed by atoms with Gasteiger partial charge < -0.3 is 10.4 Å². The number of carboxylic acid groups (broad SMARTS) is 1. The fourth-order valence-corrected chi connectivity index (χ4v) is 4.02. The smallest absolute Gasteiger partial charge is 0.326 e. The number of aliphatic carboxylic acids is 1. The highest BCUT2D eigenvalue weighted by Gasteiger charge is 2.20. The molecular weight excluding hydrogens is 398 g/mol. The maximum atomic E-state index is 11.9. The largest absolute Gasteiger partial charge is 0.480 e. The van der Waals surface area contributed by atoms with Crippen molar-refractivity contribution in [3.63, 3.8) is 0 Å². The van der Waals surface area contributed by atoms with Crippen molar-refractivity contribution in [1.82, 2.24) is 5.32 Å². The Morgan fingerprint density at radius 2 is 1.16 bits per heavy atom. The first-order valence-corrected chi connectivity index (χ1v) is 13.6. The van der Waals surface area contributed by atoms with Crippen LogP contribution < -0.4 is 5.32 Å². The molecule has 0 aromatic heterocycles. The summed E-state index contributed by atoms with van der Waals surface area (Å²) in [7, 11) is 0. The van der Waals surface area contributed by atoms with E-state index < -0.39 is 12.0 Å². The van der Waals surface area contributed by atoms with Gasteiger partial charge in [0.1, 0.15) is 6.04 Å². The highest BCUT2D eigenvalue weighted by molar-refractivity contribution is 5.83. The number of carbonyl (C=O) groups excluding carboxylic acids is 1. The number of rotatable bonds is 23. The van der Waals surface area contributed by atoms with E-state index >= 15 is 0 Å². The molecule has 0 saturated carbocycles. The number of hydrogen-bond donors (Lipinski definition) is 2. The fourth-order valence-electron chi connectivity index (χ4n) is 4.02. The first-order valence-electron chi connectivity index (χ1n) is 13.6. The van der Waals surface area contributed by atoms with Crippen LogP contribution in [0.4, 0.5) is 0 Å². The second kappa shape index (κ2) is 22.9. The number of amides is 1. The molecule has 0 heterocycles. The van der Waals surface area contributed by atoms with E-state index in [-0.39, 0.29) is 11.8 Å². The van der Waals surface area contributed by atoms with Crippen molar-refractivity contribution in [1.29, 1.82) is 0 Å². The van der Waals surface area contributed by atoms with Crippen molar-refractivity contribution in [3.05, 3.63) is 12.2 Å². The van der Waals surface area contributed by atoms with Gasteiger partial charge in [0, 0.05) is 6.42 Å². The number of allylic oxidation sites excluding steroid dienone is 2. The Labute approximate surface area is 199 Å². The summed E-state index contributed by atoms with van der Waals surface area (Å²) in [6.45, 7) is 6.21. The number of unbranched alkanes of at least 4 members (excludes halogenated alkanes) is 15. The molecule has 32 heavy (non-hydrogen) atoms. The molecule has 0 spiro atoms. The Morgan fingerprint density at radius 1 is 0.719 bits per heavy atom. The van der Waals surface area contributed by atoms with Gasteiger partial charge in [-0.2, -0.15) is 0 Å². The predicted molar refractivity (Wildman–Crippen MR) is 137 cm³/mol. The van der Waals surface area contributed by atoms with Crippen LogP contribution in [0.3, 0.4) is 0 Å². The second-order valence-electron chi connectivity index (χ2n) is 9.84. The number of nitrogens with one attached hydrogen (secondary N) is 1. The van der Waals surface area contributed by atoms with Crippen molar-refractivity contribution in [3.8, 4) is 0 Å². The molecule has 4 nitrogen and oxygen atoms in total. The normalized spacial score (nSPS) is 12.5. The van der Waals surface area contributed by atoms with Gasteiger partial charge >= 0.3 is 5.97 Å². The van der Waals surface area contributed by atoms with Crippen LogP contribution in [0.15, 0.2) is 12.2 Å². The lowest BCUT2D eigenvalue weighted by molar-refractivity contribution is -0.142. The average molecular weight is 452 g/mol. The van der Waals surface area contributed by atoms with Crippen molar-refractivity contribution < 1.29 is 14.7 Å². The molecular formula is C28H53NO3. The van der Waals surface area contributed by atoms with Crippen LogP contribution in [0.5, 0.6) is 0 Å². The molecule has 0 aromatic rings. The van der Waals surface area contributed by atoms with E-state index in [1.165, 1.54) is 89.9 Å². The third-order valence-corrected chi connectivity index (χ3v) is 6.01. The van der Waals surface area contributed by atoms with E-state index in [1.807, 2.05) is 13.8 Å². The first kappa shape index (κ1) is 30.7. The van der Waals surface area contributed by atoms with Crippen LogP contribution in [0.25, 0.3) is 0 Å². The maximum absolute atomic E-state index is 11.9. The zero-order valence-electron chi connectivity index (χ0n) is 21.5. The quantitative estimate of drug-likeness (QED) is 0.121. The monoisotopic (exact) mass is 451 g/mol. The lowest BCUT2D eigenvalue weighted by atomic mass is 10.0. The van der Waals surface area contributed by atoms with Crippen molar-refractivity contribution in [2.24, 2.45) is 5.92 Å². The molecule has 0 bridgehead atoms. The van der Waals surface area contributed by atoms with Crippen LogP contribution >= 0.6 is 0 Å². The van der Waals surface area contributed by atoms with E-state index in [0.29, 0.717) is 12.8 Å². The standard InChI is InChI=1S/C28H53NO3/c1-4-5-6-7-8-9-10-11-12-13-14-15-16-17-18-19-20-21-22-23-27(30)29-26(28(31)32)24-25(2)3/h13-14,25-26H,4-12,15-24H2,1-3H3,(H,29,30)(H,31,32)/b14-13-/t26-/m0/s1. The minimum atomic E-state index is -0.935. The van der Waals surface area contributed by atoms with Gasteiger partial charge in [0.05, 0.1) is 0 Å². The van der Waals surface area contributed by atoms with Gasteiger partial charge in [-0.05, 0) is 44.4 Å². The summed E-state index contributed by atoms with van der Waals surface area (Å²) >= 11 is 0. The van der Waals surface area contributed by atoms with Crippen LogP contribution in [0, 0.1) is 5.92 Å². The molecule has 0 fully saturated rings. The van der Waals surface area contributed by atoms with Crippen LogP contribution in [0.1, 0.15) is 143 Å². The molecule has 0 aliphatic rings. The summed E-state index contributed by atoms with van der Waals surface area (Å²) in [5.41, 5.74) is 0. The number of carboxylic acids is 1. The zero-order chi connectivity index (χ0) is 23.9. The molecule has 4 heteroatoms. The van der Waals surface area contributed by atoms with Crippen LogP contribution in [-0.2, 0) is 9.59 Å².